The Morgan fingerprint density at radius 2 is 1.74 bits per heavy atom. The second-order valence-electron chi connectivity index (χ2n) is 3.33. The largest absolute Gasteiger partial charge is 0.488 e. The molecule has 106 valence electrons. The Labute approximate surface area is 107 Å². The summed E-state index contributed by atoms with van der Waals surface area (Å²) in [6, 6.07) is 2.13. The standard InChI is InChI=1S/C8H6F2O7S2/c9-18(13,14)4-5-1-6(8(11)12)3-7(2-5)17-19(10,15)16/h1-3H,4H2,(H,11,12). The van der Waals surface area contributed by atoms with Gasteiger partial charge in [-0.3, -0.25) is 0 Å². The van der Waals surface area contributed by atoms with Gasteiger partial charge in [0.05, 0.1) is 5.56 Å². The molecule has 0 spiro atoms. The zero-order valence-corrected chi connectivity index (χ0v) is 10.5. The molecule has 1 N–H and O–H groups in total. The summed E-state index contributed by atoms with van der Waals surface area (Å²) >= 11 is 0. The Hall–Kier alpha value is -1.75. The van der Waals surface area contributed by atoms with Gasteiger partial charge in [-0.2, -0.15) is 16.8 Å². The lowest BCUT2D eigenvalue weighted by molar-refractivity contribution is 0.0696. The highest BCUT2D eigenvalue weighted by Gasteiger charge is 2.17. The van der Waals surface area contributed by atoms with Crippen LogP contribution in [-0.4, -0.2) is 27.9 Å². The molecule has 11 heteroatoms. The predicted octanol–water partition coefficient (Wildman–Crippen LogP) is 0.777. The number of hydrogen-bond acceptors (Lipinski definition) is 6. The number of halogens is 2. The molecule has 0 radical (unpaired) electrons. The Balaban J connectivity index is 3.29. The Morgan fingerprint density at radius 3 is 2.16 bits per heavy atom. The van der Waals surface area contributed by atoms with E-state index in [4.69, 9.17) is 5.11 Å². The summed E-state index contributed by atoms with van der Waals surface area (Å²) in [4.78, 5) is 10.7. The van der Waals surface area contributed by atoms with Crippen LogP contribution in [0, 0.1) is 0 Å². The molecule has 0 saturated heterocycles. The van der Waals surface area contributed by atoms with Gasteiger partial charge in [0.15, 0.2) is 0 Å². The first-order valence-electron chi connectivity index (χ1n) is 4.40. The number of carbonyl (C=O) groups is 1. The molecule has 0 bridgehead atoms. The van der Waals surface area contributed by atoms with Crippen LogP contribution in [0.5, 0.6) is 5.75 Å². The van der Waals surface area contributed by atoms with Crippen molar-refractivity contribution in [3.8, 4) is 5.75 Å². The fourth-order valence-corrected chi connectivity index (χ4v) is 2.12. The highest BCUT2D eigenvalue weighted by atomic mass is 32.3. The third kappa shape index (κ3) is 5.61. The van der Waals surface area contributed by atoms with Crippen LogP contribution >= 0.6 is 0 Å². The maximum Gasteiger partial charge on any atom is 0.488 e. The molecule has 0 aliphatic rings. The van der Waals surface area contributed by atoms with Crippen molar-refractivity contribution in [1.29, 1.82) is 0 Å². The molecule has 0 atom stereocenters. The van der Waals surface area contributed by atoms with Gasteiger partial charge in [-0.1, -0.05) is 3.89 Å². The van der Waals surface area contributed by atoms with Gasteiger partial charge in [-0.15, -0.1) is 3.89 Å². The van der Waals surface area contributed by atoms with Crippen molar-refractivity contribution in [1.82, 2.24) is 0 Å². The number of benzene rings is 1. The van der Waals surface area contributed by atoms with E-state index in [9.17, 15) is 29.4 Å². The van der Waals surface area contributed by atoms with Crippen molar-refractivity contribution < 1.29 is 38.7 Å². The third-order valence-corrected chi connectivity index (χ3v) is 2.82. The number of rotatable bonds is 5. The van der Waals surface area contributed by atoms with Crippen LogP contribution in [0.15, 0.2) is 18.2 Å². The number of aromatic carboxylic acids is 1. The van der Waals surface area contributed by atoms with E-state index in [1.165, 1.54) is 0 Å². The highest BCUT2D eigenvalue weighted by Crippen LogP contribution is 2.21. The molecular formula is C8H6F2O7S2. The second-order valence-corrected chi connectivity index (χ2v) is 5.65. The molecule has 0 aliphatic carbocycles. The van der Waals surface area contributed by atoms with Crippen molar-refractivity contribution in [3.63, 3.8) is 0 Å². The summed E-state index contributed by atoms with van der Waals surface area (Å²) < 4.78 is 69.9. The predicted molar refractivity (Wildman–Crippen MR) is 57.8 cm³/mol. The maximum absolute atomic E-state index is 12.5. The van der Waals surface area contributed by atoms with Gasteiger partial charge in [0, 0.05) is 0 Å². The Bertz CT molecular complexity index is 656. The monoisotopic (exact) mass is 316 g/mol. The van der Waals surface area contributed by atoms with Crippen LogP contribution in [0.1, 0.15) is 15.9 Å². The maximum atomic E-state index is 12.5. The van der Waals surface area contributed by atoms with Gasteiger partial charge < -0.3 is 9.29 Å². The van der Waals surface area contributed by atoms with Crippen LogP contribution < -0.4 is 4.18 Å². The van der Waals surface area contributed by atoms with E-state index >= 15 is 0 Å². The fourth-order valence-electron chi connectivity index (χ4n) is 1.23. The van der Waals surface area contributed by atoms with E-state index in [1.54, 1.807) is 0 Å². The van der Waals surface area contributed by atoms with Crippen LogP contribution in [0.2, 0.25) is 0 Å². The van der Waals surface area contributed by atoms with E-state index in [2.05, 4.69) is 4.18 Å². The average Bonchev–Trinajstić information content (AvgIpc) is 2.10. The van der Waals surface area contributed by atoms with E-state index in [0.29, 0.717) is 12.1 Å². The van der Waals surface area contributed by atoms with E-state index < -0.39 is 49.3 Å². The SMILES string of the molecule is O=C(O)c1cc(CS(=O)(=O)F)cc(OS(=O)(=O)F)c1. The molecule has 7 nitrogen and oxygen atoms in total. The lowest BCUT2D eigenvalue weighted by Gasteiger charge is -2.05. The summed E-state index contributed by atoms with van der Waals surface area (Å²) in [5.74, 6) is -3.53. The summed E-state index contributed by atoms with van der Waals surface area (Å²) in [5, 5.41) is 8.69. The molecule has 1 aromatic carbocycles. The number of hydrogen-bond donors (Lipinski definition) is 1. The molecule has 0 fully saturated rings. The first kappa shape index (κ1) is 15.3. The number of carboxylic acid groups (broad SMARTS) is 1. The van der Waals surface area contributed by atoms with Crippen molar-refractivity contribution >= 4 is 26.7 Å². The third-order valence-electron chi connectivity index (χ3n) is 1.75. The van der Waals surface area contributed by atoms with Crippen LogP contribution in [0.4, 0.5) is 7.77 Å². The smallest absolute Gasteiger partial charge is 0.478 e. The Morgan fingerprint density at radius 1 is 1.16 bits per heavy atom. The summed E-state index contributed by atoms with van der Waals surface area (Å²) in [6.07, 6.45) is 0. The van der Waals surface area contributed by atoms with E-state index in [0.717, 1.165) is 6.07 Å². The second kappa shape index (κ2) is 5.09. The van der Waals surface area contributed by atoms with Gasteiger partial charge in [0.1, 0.15) is 11.5 Å². The summed E-state index contributed by atoms with van der Waals surface area (Å²) in [6.45, 7) is 0. The molecule has 0 unspecified atom stereocenters. The van der Waals surface area contributed by atoms with Gasteiger partial charge in [0.2, 0.25) is 0 Å². The quantitative estimate of drug-likeness (QED) is 0.798. The summed E-state index contributed by atoms with van der Waals surface area (Å²) in [7, 11) is -10.4. The van der Waals surface area contributed by atoms with Gasteiger partial charge >= 0.3 is 26.7 Å². The van der Waals surface area contributed by atoms with Gasteiger partial charge in [0.25, 0.3) is 0 Å². The molecular weight excluding hydrogens is 310 g/mol. The van der Waals surface area contributed by atoms with Crippen LogP contribution in [0.25, 0.3) is 0 Å². The molecule has 1 aromatic rings. The van der Waals surface area contributed by atoms with Crippen LogP contribution in [-0.2, 0) is 26.5 Å². The molecule has 19 heavy (non-hydrogen) atoms. The molecule has 0 aromatic heterocycles. The first-order chi connectivity index (χ1) is 8.46. The van der Waals surface area contributed by atoms with E-state index in [1.807, 2.05) is 0 Å². The average molecular weight is 316 g/mol. The van der Waals surface area contributed by atoms with Crippen molar-refractivity contribution in [2.24, 2.45) is 0 Å². The minimum Gasteiger partial charge on any atom is -0.478 e. The molecule has 0 aliphatic heterocycles. The minimum absolute atomic E-state index is 0.402. The zero-order valence-electron chi connectivity index (χ0n) is 8.91. The lowest BCUT2D eigenvalue weighted by atomic mass is 10.1. The highest BCUT2D eigenvalue weighted by molar-refractivity contribution is 7.85. The van der Waals surface area contributed by atoms with Gasteiger partial charge in [-0.25, -0.2) is 4.79 Å². The lowest BCUT2D eigenvalue weighted by Crippen LogP contribution is -2.06. The molecule has 0 saturated carbocycles. The van der Waals surface area contributed by atoms with Crippen molar-refractivity contribution in [2.45, 2.75) is 5.75 Å². The molecule has 0 heterocycles. The molecule has 1 rings (SSSR count). The van der Waals surface area contributed by atoms with E-state index in [-0.39, 0.29) is 0 Å². The van der Waals surface area contributed by atoms with Crippen molar-refractivity contribution in [3.05, 3.63) is 29.3 Å². The number of carboxylic acids is 1. The summed E-state index contributed by atoms with van der Waals surface area (Å²) in [5.41, 5.74) is -0.985. The zero-order chi connectivity index (χ0) is 14.8. The van der Waals surface area contributed by atoms with Gasteiger partial charge in [-0.05, 0) is 23.8 Å². The van der Waals surface area contributed by atoms with Crippen LogP contribution in [0.3, 0.4) is 0 Å². The first-order valence-corrected chi connectivity index (χ1v) is 7.26. The normalized spacial score (nSPS) is 12.1. The minimum atomic E-state index is -5.42. The molecule has 0 amide bonds. The topological polar surface area (TPSA) is 115 Å². The fraction of sp³-hybridized carbons (Fsp3) is 0.125. The Kier molecular flexibility index (Phi) is 4.10. The van der Waals surface area contributed by atoms with Crippen molar-refractivity contribution in [2.75, 3.05) is 0 Å².